The molecule has 0 bridgehead atoms. The molecule has 162 valence electrons. The van der Waals surface area contributed by atoms with E-state index in [-0.39, 0.29) is 5.95 Å². The molecule has 0 saturated carbocycles. The largest absolute Gasteiger partial charge is 0.416 e. The molecule has 12 heteroatoms. The van der Waals surface area contributed by atoms with Gasteiger partial charge in [0.05, 0.1) is 30.1 Å². The fourth-order valence-electron chi connectivity index (χ4n) is 3.37. The average Bonchev–Trinajstić information content (AvgIpc) is 3.14. The maximum absolute atomic E-state index is 12.9. The highest BCUT2D eigenvalue weighted by molar-refractivity contribution is 7.88. The lowest BCUT2D eigenvalue weighted by Crippen LogP contribution is -2.39. The summed E-state index contributed by atoms with van der Waals surface area (Å²) in [5.41, 5.74) is 6.26. The predicted octanol–water partition coefficient (Wildman–Crippen LogP) is 1.96. The standard InChI is InChI=1S/C18H20F3N5O3S/c1-30(28,29)24-10-15(27)26-8-2-3-14(26)16-13(9-23-17(22)25-16)11-4-6-12(7-5-11)18(19,20)21/h4-7,9,14,24H,2-3,8,10H2,1H3,(H2,22,23,25)/t14-/m1/s1. The fourth-order valence-corrected chi connectivity index (χ4v) is 3.75. The van der Waals surface area contributed by atoms with Gasteiger partial charge in [0, 0.05) is 18.3 Å². The summed E-state index contributed by atoms with van der Waals surface area (Å²) in [6.07, 6.45) is -0.883. The predicted molar refractivity (Wildman–Crippen MR) is 103 cm³/mol. The summed E-state index contributed by atoms with van der Waals surface area (Å²) in [6.45, 7) is -0.00316. The summed E-state index contributed by atoms with van der Waals surface area (Å²) in [5.74, 6) is -0.465. The minimum Gasteiger partial charge on any atom is -0.368 e. The molecule has 8 nitrogen and oxygen atoms in total. The number of hydrogen-bond acceptors (Lipinski definition) is 6. The number of alkyl halides is 3. The SMILES string of the molecule is CS(=O)(=O)NCC(=O)N1CCC[C@@H]1c1nc(N)ncc1-c1ccc(C(F)(F)F)cc1. The molecular weight excluding hydrogens is 423 g/mol. The Balaban J connectivity index is 1.94. The number of sulfonamides is 1. The Bertz CT molecular complexity index is 1040. The van der Waals surface area contributed by atoms with E-state index in [4.69, 9.17) is 5.73 Å². The van der Waals surface area contributed by atoms with Gasteiger partial charge in [0.25, 0.3) is 0 Å². The van der Waals surface area contributed by atoms with Crippen LogP contribution in [0.3, 0.4) is 0 Å². The van der Waals surface area contributed by atoms with Crippen molar-refractivity contribution in [1.82, 2.24) is 19.6 Å². The van der Waals surface area contributed by atoms with Gasteiger partial charge in [-0.1, -0.05) is 12.1 Å². The van der Waals surface area contributed by atoms with E-state index in [0.717, 1.165) is 18.4 Å². The lowest BCUT2D eigenvalue weighted by atomic mass is 9.98. The van der Waals surface area contributed by atoms with Crippen molar-refractivity contribution in [3.05, 3.63) is 41.7 Å². The Hall–Kier alpha value is -2.73. The molecule has 3 rings (SSSR count). The Kier molecular flexibility index (Phi) is 5.99. The topological polar surface area (TPSA) is 118 Å². The van der Waals surface area contributed by atoms with Gasteiger partial charge in [-0.3, -0.25) is 4.79 Å². The molecular formula is C18H20F3N5O3S. The molecule has 0 aliphatic carbocycles. The van der Waals surface area contributed by atoms with Crippen LogP contribution in [0.2, 0.25) is 0 Å². The summed E-state index contributed by atoms with van der Waals surface area (Å²) in [6, 6.07) is 4.05. The molecule has 3 N–H and O–H groups in total. The lowest BCUT2D eigenvalue weighted by molar-refractivity contribution is -0.137. The second-order valence-corrected chi connectivity index (χ2v) is 8.77. The molecule has 1 amide bonds. The molecule has 1 aliphatic rings. The smallest absolute Gasteiger partial charge is 0.368 e. The van der Waals surface area contributed by atoms with Gasteiger partial charge in [-0.25, -0.2) is 23.1 Å². The number of hydrogen-bond donors (Lipinski definition) is 2. The van der Waals surface area contributed by atoms with Crippen molar-refractivity contribution in [1.29, 1.82) is 0 Å². The number of carbonyl (C=O) groups is 1. The van der Waals surface area contributed by atoms with E-state index in [9.17, 15) is 26.4 Å². The average molecular weight is 443 g/mol. The van der Waals surface area contributed by atoms with Gasteiger partial charge in [-0.05, 0) is 30.5 Å². The summed E-state index contributed by atoms with van der Waals surface area (Å²) in [5, 5.41) is 0. The van der Waals surface area contributed by atoms with Crippen molar-refractivity contribution in [3.63, 3.8) is 0 Å². The van der Waals surface area contributed by atoms with Crippen LogP contribution in [-0.2, 0) is 21.0 Å². The first-order valence-electron chi connectivity index (χ1n) is 9.00. The Morgan fingerprint density at radius 2 is 1.97 bits per heavy atom. The number of aromatic nitrogens is 2. The molecule has 1 saturated heterocycles. The van der Waals surface area contributed by atoms with Gasteiger partial charge in [0.15, 0.2) is 0 Å². The van der Waals surface area contributed by atoms with Gasteiger partial charge in [0.1, 0.15) is 0 Å². The van der Waals surface area contributed by atoms with Gasteiger partial charge in [0.2, 0.25) is 21.9 Å². The molecule has 1 fully saturated rings. The third kappa shape index (κ3) is 5.05. The number of nitrogens with one attached hydrogen (secondary N) is 1. The van der Waals surface area contributed by atoms with Gasteiger partial charge < -0.3 is 10.6 Å². The van der Waals surface area contributed by atoms with Crippen LogP contribution in [0.1, 0.15) is 30.1 Å². The molecule has 2 aromatic rings. The van der Waals surface area contributed by atoms with Crippen LogP contribution in [0.15, 0.2) is 30.5 Å². The highest BCUT2D eigenvalue weighted by atomic mass is 32.2. The highest BCUT2D eigenvalue weighted by Gasteiger charge is 2.34. The van der Waals surface area contributed by atoms with Gasteiger partial charge >= 0.3 is 6.18 Å². The molecule has 0 radical (unpaired) electrons. The monoisotopic (exact) mass is 443 g/mol. The summed E-state index contributed by atoms with van der Waals surface area (Å²) < 4.78 is 63.3. The molecule has 1 aromatic heterocycles. The number of rotatable bonds is 5. The second-order valence-electron chi connectivity index (χ2n) is 6.94. The second kappa shape index (κ2) is 8.19. The quantitative estimate of drug-likeness (QED) is 0.729. The van der Waals surface area contributed by atoms with Crippen molar-refractivity contribution in [2.75, 3.05) is 25.1 Å². The molecule has 0 spiro atoms. The number of halogens is 3. The van der Waals surface area contributed by atoms with Crippen LogP contribution in [0, 0.1) is 0 Å². The minimum absolute atomic E-state index is 0.0331. The van der Waals surface area contributed by atoms with Crippen molar-refractivity contribution < 1.29 is 26.4 Å². The van der Waals surface area contributed by atoms with E-state index >= 15 is 0 Å². The number of anilines is 1. The number of nitrogens with zero attached hydrogens (tertiary/aromatic N) is 3. The van der Waals surface area contributed by atoms with E-state index in [1.807, 2.05) is 0 Å². The highest BCUT2D eigenvalue weighted by Crippen LogP contribution is 2.37. The van der Waals surface area contributed by atoms with Crippen LogP contribution < -0.4 is 10.5 Å². The Labute approximate surface area is 171 Å². The molecule has 1 aliphatic heterocycles. The number of nitrogen functional groups attached to an aromatic ring is 1. The Morgan fingerprint density at radius 1 is 1.30 bits per heavy atom. The van der Waals surface area contributed by atoms with Crippen molar-refractivity contribution in [2.45, 2.75) is 25.1 Å². The number of likely N-dealkylation sites (tertiary alicyclic amines) is 1. The maximum atomic E-state index is 12.9. The summed E-state index contributed by atoms with van der Waals surface area (Å²) >= 11 is 0. The van der Waals surface area contributed by atoms with Crippen LogP contribution in [0.25, 0.3) is 11.1 Å². The van der Waals surface area contributed by atoms with Gasteiger partial charge in [-0.15, -0.1) is 0 Å². The number of nitrogens with two attached hydrogens (primary N) is 1. The first-order valence-corrected chi connectivity index (χ1v) is 10.9. The molecule has 30 heavy (non-hydrogen) atoms. The molecule has 2 heterocycles. The molecule has 0 unspecified atom stereocenters. The van der Waals surface area contributed by atoms with Crippen molar-refractivity contribution in [3.8, 4) is 11.1 Å². The van der Waals surface area contributed by atoms with E-state index < -0.39 is 40.3 Å². The summed E-state index contributed by atoms with van der Waals surface area (Å²) in [7, 11) is -3.54. The minimum atomic E-state index is -4.46. The maximum Gasteiger partial charge on any atom is 0.416 e. The molecule has 1 aromatic carbocycles. The van der Waals surface area contributed by atoms with E-state index in [1.54, 1.807) is 0 Å². The number of carbonyl (C=O) groups excluding carboxylic acids is 1. The number of benzene rings is 1. The van der Waals surface area contributed by atoms with Crippen molar-refractivity contribution in [2.24, 2.45) is 0 Å². The molecule has 1 atom stereocenters. The van der Waals surface area contributed by atoms with E-state index in [2.05, 4.69) is 14.7 Å². The van der Waals surface area contributed by atoms with E-state index in [0.29, 0.717) is 36.2 Å². The van der Waals surface area contributed by atoms with Crippen LogP contribution in [0.4, 0.5) is 19.1 Å². The number of amides is 1. The summed E-state index contributed by atoms with van der Waals surface area (Å²) in [4.78, 5) is 22.3. The zero-order chi connectivity index (χ0) is 22.1. The van der Waals surface area contributed by atoms with Crippen molar-refractivity contribution >= 4 is 21.9 Å². The fraction of sp³-hybridized carbons (Fsp3) is 0.389. The zero-order valence-corrected chi connectivity index (χ0v) is 16.8. The van der Waals surface area contributed by atoms with E-state index in [1.165, 1.54) is 23.2 Å². The van der Waals surface area contributed by atoms with Crippen LogP contribution in [-0.4, -0.2) is 48.5 Å². The van der Waals surface area contributed by atoms with Crippen LogP contribution in [0.5, 0.6) is 0 Å². The normalized spacial score (nSPS) is 17.3. The Morgan fingerprint density at radius 3 is 2.57 bits per heavy atom. The van der Waals surface area contributed by atoms with Gasteiger partial charge in [-0.2, -0.15) is 13.2 Å². The third-order valence-electron chi connectivity index (χ3n) is 4.73. The zero-order valence-electron chi connectivity index (χ0n) is 16.0. The lowest BCUT2D eigenvalue weighted by Gasteiger charge is -2.26. The first-order chi connectivity index (χ1) is 14.0. The third-order valence-corrected chi connectivity index (χ3v) is 5.40. The first kappa shape index (κ1) is 22.0. The van der Waals surface area contributed by atoms with Crippen LogP contribution >= 0.6 is 0 Å².